The molecule has 2 aliphatic rings. The molecular weight excluding hydrogens is 567 g/mol. The quantitative estimate of drug-likeness (QED) is 0.219. The van der Waals surface area contributed by atoms with E-state index in [-0.39, 0.29) is 24.3 Å². The second-order valence-electron chi connectivity index (χ2n) is 9.57. The Morgan fingerprint density at radius 3 is 2.54 bits per heavy atom. The molecule has 18 nitrogen and oxygen atoms in total. The van der Waals surface area contributed by atoms with Crippen LogP contribution >= 0.6 is 7.82 Å². The van der Waals surface area contributed by atoms with Crippen molar-refractivity contribution in [2.45, 2.75) is 76.9 Å². The molecule has 4 N–H and O–H groups in total. The molecule has 3 aromatic heterocycles. The van der Waals surface area contributed by atoms with Gasteiger partial charge in [-0.25, -0.2) is 24.3 Å². The molecular formula is C22H29N8O10P. The smallest absolute Gasteiger partial charge is 0.460 e. The average Bonchev–Trinajstić information content (AvgIpc) is 3.59. The van der Waals surface area contributed by atoms with Crippen LogP contribution in [-0.4, -0.2) is 75.9 Å². The largest absolute Gasteiger partial charge is 0.472 e. The van der Waals surface area contributed by atoms with Gasteiger partial charge in [-0.2, -0.15) is 4.98 Å². The molecule has 0 amide bonds. The van der Waals surface area contributed by atoms with Crippen molar-refractivity contribution in [3.8, 4) is 0 Å². The molecule has 0 aromatic carbocycles. The number of carbonyl (C=O) groups excluding carboxylic acids is 1. The van der Waals surface area contributed by atoms with E-state index in [9.17, 15) is 23.8 Å². The fourth-order valence-corrected chi connectivity index (χ4v) is 5.83. The number of nitrogen functional groups attached to an aromatic ring is 1. The van der Waals surface area contributed by atoms with Crippen molar-refractivity contribution in [3.05, 3.63) is 39.3 Å². The second kappa shape index (κ2) is 11.4. The predicted octanol–water partition coefficient (Wildman–Crippen LogP) is 0.0810. The van der Waals surface area contributed by atoms with Gasteiger partial charge in [-0.1, -0.05) is 6.92 Å². The molecule has 7 atom stereocenters. The highest BCUT2D eigenvalue weighted by atomic mass is 31.2. The maximum absolute atomic E-state index is 13.0. The minimum atomic E-state index is -4.69. The number of phosphoric ester groups is 1. The highest BCUT2D eigenvalue weighted by Gasteiger charge is 2.44. The number of nitrogens with two attached hydrogens (primary N) is 1. The van der Waals surface area contributed by atoms with Crippen molar-refractivity contribution >= 4 is 30.9 Å². The second-order valence-corrected chi connectivity index (χ2v) is 11.0. The van der Waals surface area contributed by atoms with Crippen LogP contribution in [0.1, 0.15) is 51.4 Å². The molecule has 0 saturated carbocycles. The standard InChI is InChI=1S/C22H29N8O10P/c1-4-12-14(6-16(38-12)29-8-24-18-19(29)26-10(2)27-20(18)32)40-41(34,35)36-7-15-13(37-11(3)31)5-17(39-15)30-9-25-21(23)28-22(30)33/h8-9,12-17H,4-7H2,1-3H3,(H,34,35)(H2,23,28,33)(H,26,27,32)/t12-,13-,14-,15-,16-,17-/m1/s1. The minimum Gasteiger partial charge on any atom is -0.460 e. The number of H-pyrrole nitrogens is 1. The first kappa shape index (κ1) is 29.0. The van der Waals surface area contributed by atoms with Crippen LogP contribution in [0.3, 0.4) is 0 Å². The number of nitrogens with zero attached hydrogens (tertiary/aromatic N) is 6. The number of aromatic amines is 1. The van der Waals surface area contributed by atoms with Crippen molar-refractivity contribution in [2.24, 2.45) is 0 Å². The Hall–Kier alpha value is -3.54. The van der Waals surface area contributed by atoms with Gasteiger partial charge in [-0.05, 0) is 13.3 Å². The van der Waals surface area contributed by atoms with Crippen LogP contribution in [-0.2, 0) is 32.6 Å². The zero-order valence-electron chi connectivity index (χ0n) is 22.3. The van der Waals surface area contributed by atoms with E-state index in [1.54, 1.807) is 11.5 Å². The Bertz CT molecular complexity index is 1610. The van der Waals surface area contributed by atoms with Crippen molar-refractivity contribution in [2.75, 3.05) is 12.3 Å². The van der Waals surface area contributed by atoms with Gasteiger partial charge < -0.3 is 29.8 Å². The summed E-state index contributed by atoms with van der Waals surface area (Å²) >= 11 is 0. The molecule has 0 spiro atoms. The van der Waals surface area contributed by atoms with Gasteiger partial charge in [0.1, 0.15) is 36.8 Å². The van der Waals surface area contributed by atoms with Crippen LogP contribution in [0.5, 0.6) is 0 Å². The van der Waals surface area contributed by atoms with E-state index in [0.717, 1.165) is 10.9 Å². The normalized spacial score (nSPS) is 27.7. The molecule has 1 unspecified atom stereocenters. The van der Waals surface area contributed by atoms with E-state index in [0.29, 0.717) is 17.9 Å². The van der Waals surface area contributed by atoms with Gasteiger partial charge >= 0.3 is 19.5 Å². The lowest BCUT2D eigenvalue weighted by atomic mass is 10.1. The molecule has 19 heteroatoms. The summed E-state index contributed by atoms with van der Waals surface area (Å²) in [5, 5.41) is 0. The summed E-state index contributed by atoms with van der Waals surface area (Å²) in [7, 11) is -4.69. The van der Waals surface area contributed by atoms with Crippen molar-refractivity contribution < 1.29 is 37.5 Å². The SMILES string of the molecule is CC[C@H]1O[C@@H](n2cnc3c(=O)[nH]c(C)nc32)C[C@H]1OP(=O)(O)OC[C@H]1O[C@@H](n2cnc(N)nc2=O)C[C@H]1OC(C)=O. The van der Waals surface area contributed by atoms with Crippen LogP contribution in [0.2, 0.25) is 0 Å². The Morgan fingerprint density at radius 2 is 1.83 bits per heavy atom. The summed E-state index contributed by atoms with van der Waals surface area (Å²) in [5.74, 6) is -0.441. The van der Waals surface area contributed by atoms with E-state index in [2.05, 4.69) is 24.9 Å². The highest BCUT2D eigenvalue weighted by molar-refractivity contribution is 7.47. The topological polar surface area (TPSA) is 238 Å². The first-order valence-corrected chi connectivity index (χ1v) is 14.2. The third kappa shape index (κ3) is 6.22. The molecule has 3 aromatic rings. The van der Waals surface area contributed by atoms with Crippen molar-refractivity contribution in [1.82, 2.24) is 34.1 Å². The summed E-state index contributed by atoms with van der Waals surface area (Å²) in [6.45, 7) is 4.16. The summed E-state index contributed by atoms with van der Waals surface area (Å²) in [6, 6.07) is 0. The van der Waals surface area contributed by atoms with E-state index in [1.807, 2.05) is 6.92 Å². The Morgan fingerprint density at radius 1 is 1.15 bits per heavy atom. The van der Waals surface area contributed by atoms with Gasteiger partial charge in [0.15, 0.2) is 11.2 Å². The number of imidazole rings is 1. The molecule has 2 fully saturated rings. The van der Waals surface area contributed by atoms with Gasteiger partial charge in [-0.3, -0.25) is 27.8 Å². The number of phosphoric acid groups is 1. The Balaban J connectivity index is 1.26. The van der Waals surface area contributed by atoms with Gasteiger partial charge in [0.25, 0.3) is 5.56 Å². The molecule has 5 heterocycles. The van der Waals surface area contributed by atoms with Crippen molar-refractivity contribution in [1.29, 1.82) is 0 Å². The fraction of sp³-hybridized carbons (Fsp3) is 0.591. The van der Waals surface area contributed by atoms with Gasteiger partial charge in [0, 0.05) is 19.8 Å². The lowest BCUT2D eigenvalue weighted by Gasteiger charge is -2.23. The zero-order chi connectivity index (χ0) is 29.5. The van der Waals surface area contributed by atoms with Gasteiger partial charge in [-0.15, -0.1) is 0 Å². The predicted molar refractivity (Wildman–Crippen MR) is 137 cm³/mol. The monoisotopic (exact) mass is 596 g/mol. The molecule has 41 heavy (non-hydrogen) atoms. The van der Waals surface area contributed by atoms with Crippen LogP contribution in [0.25, 0.3) is 11.2 Å². The summed E-state index contributed by atoms with van der Waals surface area (Å²) in [6.07, 6.45) is -1.79. The molecule has 2 saturated heterocycles. The average molecular weight is 596 g/mol. The third-order valence-corrected chi connectivity index (χ3v) is 7.68. The van der Waals surface area contributed by atoms with E-state index >= 15 is 0 Å². The lowest BCUT2D eigenvalue weighted by Crippen LogP contribution is -2.31. The van der Waals surface area contributed by atoms with Crippen LogP contribution < -0.4 is 17.0 Å². The summed E-state index contributed by atoms with van der Waals surface area (Å²) < 4.78 is 43.5. The maximum Gasteiger partial charge on any atom is 0.472 e. The molecule has 0 bridgehead atoms. The number of fused-ring (bicyclic) bond motifs is 1. The molecule has 0 radical (unpaired) electrons. The minimum absolute atomic E-state index is 0.0304. The number of hydrogen-bond donors (Lipinski definition) is 3. The number of aromatic nitrogens is 7. The number of esters is 1. The van der Waals surface area contributed by atoms with E-state index in [1.165, 1.54) is 13.3 Å². The third-order valence-electron chi connectivity index (χ3n) is 6.67. The number of anilines is 1. The van der Waals surface area contributed by atoms with Crippen LogP contribution in [0.4, 0.5) is 5.95 Å². The zero-order valence-corrected chi connectivity index (χ0v) is 23.2. The molecule has 5 rings (SSSR count). The van der Waals surface area contributed by atoms with E-state index in [4.69, 9.17) is 29.0 Å². The van der Waals surface area contributed by atoms with Crippen LogP contribution in [0.15, 0.2) is 22.2 Å². The van der Waals surface area contributed by atoms with Crippen molar-refractivity contribution in [3.63, 3.8) is 0 Å². The molecule has 222 valence electrons. The van der Waals surface area contributed by atoms with Gasteiger partial charge in [0.05, 0.1) is 25.1 Å². The maximum atomic E-state index is 13.0. The Labute approximate surface area is 231 Å². The van der Waals surface area contributed by atoms with E-state index < -0.39 is 68.5 Å². The molecule has 0 aliphatic carbocycles. The first-order chi connectivity index (χ1) is 19.4. The van der Waals surface area contributed by atoms with Crippen LogP contribution in [0, 0.1) is 6.92 Å². The fourth-order valence-electron chi connectivity index (χ4n) is 4.87. The number of ether oxygens (including phenoxy) is 3. The number of carbonyl (C=O) groups is 1. The Kier molecular flexibility index (Phi) is 8.04. The number of hydrogen-bond acceptors (Lipinski definition) is 14. The lowest BCUT2D eigenvalue weighted by molar-refractivity contribution is -0.150. The van der Waals surface area contributed by atoms with Gasteiger partial charge in [0.2, 0.25) is 5.95 Å². The highest BCUT2D eigenvalue weighted by Crippen LogP contribution is 2.49. The summed E-state index contributed by atoms with van der Waals surface area (Å²) in [5.41, 5.74) is 4.75. The summed E-state index contributed by atoms with van der Waals surface area (Å²) in [4.78, 5) is 65.0. The first-order valence-electron chi connectivity index (χ1n) is 12.7. The number of aryl methyl sites for hydroxylation is 1. The number of rotatable bonds is 9. The molecule has 2 aliphatic heterocycles. The number of nitrogens with one attached hydrogen (secondary N) is 1.